The minimum absolute atomic E-state index is 0.138. The molecule has 1 fully saturated rings. The van der Waals surface area contributed by atoms with Gasteiger partial charge in [0, 0.05) is 23.7 Å². The number of ether oxygens (including phenoxy) is 2. The van der Waals surface area contributed by atoms with E-state index >= 15 is 0 Å². The van der Waals surface area contributed by atoms with Crippen LogP contribution < -0.4 is 10.1 Å². The molecule has 1 aliphatic heterocycles. The number of carboxylic acid groups (broad SMARTS) is 1. The standard InChI is InChI=1S/C27H33ClN2O6/c1-27(2,3)36-26(34)29-22-6-4-5-13-30(25(22)33)16-20-14-19(15-24(31)32)9-12-23(20)35-17-18-7-10-21(28)11-8-18/h7-12,14,22H,4-6,13,15-17H2,1-3H3,(H,29,34)(H,31,32). The molecule has 1 saturated heterocycles. The summed E-state index contributed by atoms with van der Waals surface area (Å²) < 4.78 is 11.4. The highest BCUT2D eigenvalue weighted by atomic mass is 35.5. The van der Waals surface area contributed by atoms with Gasteiger partial charge in [-0.2, -0.15) is 0 Å². The Labute approximate surface area is 216 Å². The summed E-state index contributed by atoms with van der Waals surface area (Å²) in [4.78, 5) is 38.6. The van der Waals surface area contributed by atoms with Gasteiger partial charge in [0.15, 0.2) is 0 Å². The molecular weight excluding hydrogens is 484 g/mol. The maximum atomic E-state index is 13.3. The fourth-order valence-corrected chi connectivity index (χ4v) is 4.10. The average molecular weight is 517 g/mol. The molecule has 0 bridgehead atoms. The van der Waals surface area contributed by atoms with E-state index in [4.69, 9.17) is 21.1 Å². The Kier molecular flexibility index (Phi) is 9.20. The molecule has 0 saturated carbocycles. The van der Waals surface area contributed by atoms with Crippen LogP contribution in [0.15, 0.2) is 42.5 Å². The Bertz CT molecular complexity index is 1080. The van der Waals surface area contributed by atoms with Crippen molar-refractivity contribution in [2.24, 2.45) is 0 Å². The van der Waals surface area contributed by atoms with E-state index in [1.165, 1.54) is 0 Å². The maximum Gasteiger partial charge on any atom is 0.408 e. The number of carbonyl (C=O) groups is 3. The van der Waals surface area contributed by atoms with Gasteiger partial charge in [0.25, 0.3) is 0 Å². The zero-order valence-electron chi connectivity index (χ0n) is 20.9. The van der Waals surface area contributed by atoms with Crippen molar-refractivity contribution in [1.29, 1.82) is 0 Å². The molecule has 2 amide bonds. The highest BCUT2D eigenvalue weighted by Crippen LogP contribution is 2.26. The van der Waals surface area contributed by atoms with Crippen molar-refractivity contribution in [2.75, 3.05) is 6.54 Å². The SMILES string of the molecule is CC(C)(C)OC(=O)NC1CCCCN(Cc2cc(CC(=O)O)ccc2OCc2ccc(Cl)cc2)C1=O. The molecule has 1 unspecified atom stereocenters. The number of rotatable bonds is 8. The lowest BCUT2D eigenvalue weighted by Crippen LogP contribution is -2.48. The van der Waals surface area contributed by atoms with Crippen LogP contribution >= 0.6 is 11.6 Å². The number of amides is 2. The molecule has 0 radical (unpaired) electrons. The van der Waals surface area contributed by atoms with E-state index in [2.05, 4.69) is 5.32 Å². The quantitative estimate of drug-likeness (QED) is 0.514. The van der Waals surface area contributed by atoms with Crippen LogP contribution in [0.3, 0.4) is 0 Å². The first-order valence-corrected chi connectivity index (χ1v) is 12.4. The van der Waals surface area contributed by atoms with Crippen LogP contribution in [0.1, 0.15) is 56.7 Å². The number of carbonyl (C=O) groups excluding carboxylic acids is 2. The zero-order chi connectivity index (χ0) is 26.3. The second-order valence-corrected chi connectivity index (χ2v) is 10.3. The fourth-order valence-electron chi connectivity index (χ4n) is 3.97. The van der Waals surface area contributed by atoms with Gasteiger partial charge in [0.05, 0.1) is 6.42 Å². The van der Waals surface area contributed by atoms with Gasteiger partial charge >= 0.3 is 12.1 Å². The normalized spacial score (nSPS) is 16.3. The van der Waals surface area contributed by atoms with Crippen LogP contribution in [0.2, 0.25) is 5.02 Å². The molecule has 9 heteroatoms. The summed E-state index contributed by atoms with van der Waals surface area (Å²) in [6.45, 7) is 6.34. The summed E-state index contributed by atoms with van der Waals surface area (Å²) in [6, 6.07) is 11.8. The first-order chi connectivity index (χ1) is 17.0. The predicted octanol–water partition coefficient (Wildman–Crippen LogP) is 4.95. The highest BCUT2D eigenvalue weighted by Gasteiger charge is 2.30. The second kappa shape index (κ2) is 12.1. The van der Waals surface area contributed by atoms with E-state index in [9.17, 15) is 19.5 Å². The molecule has 3 rings (SSSR count). The Morgan fingerprint density at radius 3 is 2.47 bits per heavy atom. The third kappa shape index (κ3) is 8.45. The molecule has 0 spiro atoms. The summed E-state index contributed by atoms with van der Waals surface area (Å²) >= 11 is 5.96. The van der Waals surface area contributed by atoms with Crippen LogP contribution in [-0.4, -0.2) is 46.2 Å². The number of alkyl carbamates (subject to hydrolysis) is 1. The second-order valence-electron chi connectivity index (χ2n) is 9.88. The Morgan fingerprint density at radius 1 is 1.11 bits per heavy atom. The minimum atomic E-state index is -0.941. The van der Waals surface area contributed by atoms with Crippen molar-refractivity contribution in [3.8, 4) is 5.75 Å². The number of likely N-dealkylation sites (tertiary alicyclic amines) is 1. The molecular formula is C27H33ClN2O6. The zero-order valence-corrected chi connectivity index (χ0v) is 21.6. The van der Waals surface area contributed by atoms with Gasteiger partial charge in [0.2, 0.25) is 5.91 Å². The summed E-state index contributed by atoms with van der Waals surface area (Å²) in [6.07, 6.45) is 1.32. The van der Waals surface area contributed by atoms with Gasteiger partial charge in [0.1, 0.15) is 24.0 Å². The molecule has 8 nitrogen and oxygen atoms in total. The van der Waals surface area contributed by atoms with E-state index < -0.39 is 23.7 Å². The van der Waals surface area contributed by atoms with E-state index in [-0.39, 0.29) is 18.9 Å². The van der Waals surface area contributed by atoms with Crippen molar-refractivity contribution < 1.29 is 29.0 Å². The fraction of sp³-hybridized carbons (Fsp3) is 0.444. The molecule has 1 atom stereocenters. The number of nitrogens with one attached hydrogen (secondary N) is 1. The van der Waals surface area contributed by atoms with Crippen LogP contribution in [0.4, 0.5) is 4.79 Å². The van der Waals surface area contributed by atoms with Gasteiger partial charge in [-0.3, -0.25) is 9.59 Å². The smallest absolute Gasteiger partial charge is 0.408 e. The lowest BCUT2D eigenvalue weighted by atomic mass is 10.1. The number of aliphatic carboxylic acids is 1. The van der Waals surface area contributed by atoms with Crippen molar-refractivity contribution >= 4 is 29.6 Å². The van der Waals surface area contributed by atoms with Gasteiger partial charge in [-0.25, -0.2) is 4.79 Å². The Morgan fingerprint density at radius 2 is 1.81 bits per heavy atom. The summed E-state index contributed by atoms with van der Waals surface area (Å²) in [5.41, 5.74) is 1.57. The largest absolute Gasteiger partial charge is 0.489 e. The van der Waals surface area contributed by atoms with Crippen molar-refractivity contribution in [3.63, 3.8) is 0 Å². The first kappa shape index (κ1) is 27.3. The summed E-state index contributed by atoms with van der Waals surface area (Å²) in [5.74, 6) is -0.582. The molecule has 0 aromatic heterocycles. The summed E-state index contributed by atoms with van der Waals surface area (Å²) in [7, 11) is 0. The molecule has 36 heavy (non-hydrogen) atoms. The van der Waals surface area contributed by atoms with Crippen LogP contribution in [0, 0.1) is 0 Å². The molecule has 2 N–H and O–H groups in total. The van der Waals surface area contributed by atoms with Crippen molar-refractivity contribution in [1.82, 2.24) is 10.2 Å². The lowest BCUT2D eigenvalue weighted by Gasteiger charge is -2.27. The Balaban J connectivity index is 1.78. The first-order valence-electron chi connectivity index (χ1n) is 12.0. The minimum Gasteiger partial charge on any atom is -0.489 e. The van der Waals surface area contributed by atoms with E-state index in [1.54, 1.807) is 56.0 Å². The number of benzene rings is 2. The van der Waals surface area contributed by atoms with Crippen molar-refractivity contribution in [2.45, 2.75) is 71.2 Å². The monoisotopic (exact) mass is 516 g/mol. The predicted molar refractivity (Wildman–Crippen MR) is 136 cm³/mol. The van der Waals surface area contributed by atoms with Crippen LogP contribution in [-0.2, 0) is 33.9 Å². The maximum absolute atomic E-state index is 13.3. The molecule has 2 aromatic carbocycles. The van der Waals surface area contributed by atoms with Gasteiger partial charge in [-0.1, -0.05) is 29.8 Å². The molecule has 0 aliphatic carbocycles. The average Bonchev–Trinajstić information content (AvgIpc) is 2.94. The number of nitrogens with zero attached hydrogens (tertiary/aromatic N) is 1. The van der Waals surface area contributed by atoms with E-state index in [0.29, 0.717) is 41.5 Å². The topological polar surface area (TPSA) is 105 Å². The third-order valence-electron chi connectivity index (χ3n) is 5.62. The molecule has 2 aromatic rings. The van der Waals surface area contributed by atoms with Gasteiger partial charge in [-0.15, -0.1) is 0 Å². The summed E-state index contributed by atoms with van der Waals surface area (Å²) in [5, 5.41) is 12.6. The van der Waals surface area contributed by atoms with Crippen LogP contribution in [0.5, 0.6) is 5.75 Å². The molecule has 194 valence electrons. The lowest BCUT2D eigenvalue weighted by molar-refractivity contribution is -0.136. The van der Waals surface area contributed by atoms with E-state index in [0.717, 1.165) is 18.4 Å². The van der Waals surface area contributed by atoms with Gasteiger partial charge < -0.3 is 24.8 Å². The molecule has 1 heterocycles. The number of carboxylic acids is 1. The van der Waals surface area contributed by atoms with Crippen molar-refractivity contribution in [3.05, 3.63) is 64.2 Å². The Hall–Kier alpha value is -3.26. The van der Waals surface area contributed by atoms with E-state index in [1.807, 2.05) is 12.1 Å². The van der Waals surface area contributed by atoms with Crippen LogP contribution in [0.25, 0.3) is 0 Å². The third-order valence-corrected chi connectivity index (χ3v) is 5.87. The van der Waals surface area contributed by atoms with Gasteiger partial charge in [-0.05, 0) is 75.4 Å². The number of halogens is 1. The number of hydrogen-bond donors (Lipinski definition) is 2. The molecule has 1 aliphatic rings. The number of hydrogen-bond acceptors (Lipinski definition) is 5. The highest BCUT2D eigenvalue weighted by molar-refractivity contribution is 6.30.